The van der Waals surface area contributed by atoms with Crippen molar-refractivity contribution in [2.45, 2.75) is 50.7 Å². The number of hydrogen-bond donors (Lipinski definition) is 1. The van der Waals surface area contributed by atoms with Crippen LogP contribution < -0.4 is 5.32 Å². The number of aryl methyl sites for hydroxylation is 2. The average molecular weight is 421 g/mol. The SMILES string of the molecule is Cc1noc([C@]23C[C@H](NC(=O)CCn4ccnc4)C[C@H]2CN(Cc2ccccc2)C3)n1. The summed E-state index contributed by atoms with van der Waals surface area (Å²) < 4.78 is 7.61. The number of amides is 1. The third-order valence-corrected chi connectivity index (χ3v) is 6.67. The van der Waals surface area contributed by atoms with E-state index in [2.05, 4.69) is 49.6 Å². The highest BCUT2D eigenvalue weighted by molar-refractivity contribution is 5.76. The van der Waals surface area contributed by atoms with Gasteiger partial charge in [0.1, 0.15) is 0 Å². The van der Waals surface area contributed by atoms with E-state index in [1.807, 2.05) is 23.8 Å². The number of fused-ring (bicyclic) bond motifs is 1. The van der Waals surface area contributed by atoms with E-state index < -0.39 is 0 Å². The summed E-state index contributed by atoms with van der Waals surface area (Å²) in [7, 11) is 0. The molecule has 31 heavy (non-hydrogen) atoms. The van der Waals surface area contributed by atoms with Gasteiger partial charge in [0.25, 0.3) is 0 Å². The number of nitrogens with one attached hydrogen (secondary N) is 1. The molecule has 2 aromatic heterocycles. The minimum Gasteiger partial charge on any atom is -0.353 e. The molecule has 8 nitrogen and oxygen atoms in total. The molecular formula is C23H28N6O2. The fourth-order valence-corrected chi connectivity index (χ4v) is 5.33. The van der Waals surface area contributed by atoms with E-state index >= 15 is 0 Å². The fourth-order valence-electron chi connectivity index (χ4n) is 5.33. The minimum atomic E-state index is -0.196. The Morgan fingerprint density at radius 3 is 2.94 bits per heavy atom. The highest BCUT2D eigenvalue weighted by atomic mass is 16.5. The number of hydrogen-bond acceptors (Lipinski definition) is 6. The molecule has 2 fully saturated rings. The van der Waals surface area contributed by atoms with Crippen molar-refractivity contribution >= 4 is 5.91 Å². The second-order valence-electron chi connectivity index (χ2n) is 8.91. The van der Waals surface area contributed by atoms with Gasteiger partial charge in [0.2, 0.25) is 11.8 Å². The van der Waals surface area contributed by atoms with Gasteiger partial charge in [-0.05, 0) is 31.2 Å². The molecule has 8 heteroatoms. The van der Waals surface area contributed by atoms with Gasteiger partial charge in [0.15, 0.2) is 5.82 Å². The van der Waals surface area contributed by atoms with Crippen LogP contribution in [0, 0.1) is 12.8 Å². The van der Waals surface area contributed by atoms with E-state index in [4.69, 9.17) is 4.52 Å². The molecule has 0 unspecified atom stereocenters. The summed E-state index contributed by atoms with van der Waals surface area (Å²) in [4.78, 5) is 23.7. The Kier molecular flexibility index (Phi) is 5.31. The number of imidazole rings is 1. The second kappa shape index (κ2) is 8.26. The number of aromatic nitrogens is 4. The summed E-state index contributed by atoms with van der Waals surface area (Å²) in [5.41, 5.74) is 1.11. The third-order valence-electron chi connectivity index (χ3n) is 6.67. The Labute approximate surface area is 181 Å². The first-order chi connectivity index (χ1) is 15.1. The van der Waals surface area contributed by atoms with Crippen LogP contribution in [0.1, 0.15) is 36.5 Å². The van der Waals surface area contributed by atoms with Crippen LogP contribution in [0.15, 0.2) is 53.6 Å². The molecule has 1 aliphatic heterocycles. The lowest BCUT2D eigenvalue weighted by Crippen LogP contribution is -2.38. The summed E-state index contributed by atoms with van der Waals surface area (Å²) in [6.45, 7) is 5.25. The van der Waals surface area contributed by atoms with Gasteiger partial charge >= 0.3 is 0 Å². The van der Waals surface area contributed by atoms with Crippen molar-refractivity contribution in [3.8, 4) is 0 Å². The first-order valence-corrected chi connectivity index (χ1v) is 10.9. The topological polar surface area (TPSA) is 89.1 Å². The van der Waals surface area contributed by atoms with Crippen molar-refractivity contribution < 1.29 is 9.32 Å². The van der Waals surface area contributed by atoms with Crippen molar-refractivity contribution in [2.75, 3.05) is 13.1 Å². The smallest absolute Gasteiger partial charge is 0.234 e. The predicted octanol–water partition coefficient (Wildman–Crippen LogP) is 2.31. The number of nitrogens with zero attached hydrogens (tertiary/aromatic N) is 5. The van der Waals surface area contributed by atoms with Crippen molar-refractivity contribution in [2.24, 2.45) is 5.92 Å². The quantitative estimate of drug-likeness (QED) is 0.631. The molecule has 3 aromatic rings. The summed E-state index contributed by atoms with van der Waals surface area (Å²) in [6.07, 6.45) is 7.56. The molecule has 1 N–H and O–H groups in total. The number of likely N-dealkylation sites (tertiary alicyclic amines) is 1. The van der Waals surface area contributed by atoms with Crippen molar-refractivity contribution in [3.63, 3.8) is 0 Å². The van der Waals surface area contributed by atoms with Gasteiger partial charge in [-0.15, -0.1) is 0 Å². The Hall–Kier alpha value is -3.00. The Bertz CT molecular complexity index is 1020. The van der Waals surface area contributed by atoms with Crippen molar-refractivity contribution in [1.82, 2.24) is 29.9 Å². The van der Waals surface area contributed by atoms with Gasteiger partial charge in [-0.1, -0.05) is 35.5 Å². The summed E-state index contributed by atoms with van der Waals surface area (Å²) in [5, 5.41) is 7.32. The molecule has 0 radical (unpaired) electrons. The molecule has 1 saturated carbocycles. The number of benzene rings is 1. The zero-order valence-corrected chi connectivity index (χ0v) is 17.8. The number of carbonyl (C=O) groups excluding carboxylic acids is 1. The Balaban J connectivity index is 1.27. The maximum atomic E-state index is 12.6. The van der Waals surface area contributed by atoms with E-state index in [0.29, 0.717) is 24.7 Å². The third kappa shape index (κ3) is 4.12. The molecule has 0 spiro atoms. The number of carbonyl (C=O) groups is 1. The molecule has 0 bridgehead atoms. The molecule has 5 rings (SSSR count). The van der Waals surface area contributed by atoms with E-state index in [0.717, 1.165) is 38.4 Å². The highest BCUT2D eigenvalue weighted by Gasteiger charge is 2.57. The molecule has 3 atom stereocenters. The van der Waals surface area contributed by atoms with E-state index in [-0.39, 0.29) is 17.4 Å². The molecular weight excluding hydrogens is 392 g/mol. The molecule has 1 saturated heterocycles. The lowest BCUT2D eigenvalue weighted by atomic mass is 9.80. The summed E-state index contributed by atoms with van der Waals surface area (Å²) in [5.74, 6) is 1.85. The summed E-state index contributed by atoms with van der Waals surface area (Å²) >= 11 is 0. The van der Waals surface area contributed by atoms with Gasteiger partial charge in [-0.25, -0.2) is 4.98 Å². The van der Waals surface area contributed by atoms with Crippen LogP contribution in [0.5, 0.6) is 0 Å². The van der Waals surface area contributed by atoms with Crippen LogP contribution in [-0.4, -0.2) is 49.6 Å². The maximum absolute atomic E-state index is 12.6. The average Bonchev–Trinajstić information content (AvgIpc) is 3.52. The van der Waals surface area contributed by atoms with Crippen LogP contribution in [-0.2, 0) is 23.3 Å². The maximum Gasteiger partial charge on any atom is 0.234 e. The van der Waals surface area contributed by atoms with Crippen molar-refractivity contribution in [3.05, 3.63) is 66.3 Å². The molecule has 1 aromatic carbocycles. The van der Waals surface area contributed by atoms with E-state index in [1.54, 1.807) is 12.5 Å². The Morgan fingerprint density at radius 1 is 1.32 bits per heavy atom. The van der Waals surface area contributed by atoms with Gasteiger partial charge in [-0.2, -0.15) is 4.98 Å². The van der Waals surface area contributed by atoms with Gasteiger partial charge in [0.05, 0.1) is 11.7 Å². The number of rotatable bonds is 7. The van der Waals surface area contributed by atoms with Crippen LogP contribution in [0.25, 0.3) is 0 Å². The molecule has 2 aliphatic rings. The summed E-state index contributed by atoms with van der Waals surface area (Å²) in [6, 6.07) is 10.7. The van der Waals surface area contributed by atoms with E-state index in [9.17, 15) is 4.79 Å². The Morgan fingerprint density at radius 2 is 2.19 bits per heavy atom. The molecule has 3 heterocycles. The fraction of sp³-hybridized carbons (Fsp3) is 0.478. The van der Waals surface area contributed by atoms with E-state index in [1.165, 1.54) is 5.56 Å². The minimum absolute atomic E-state index is 0.0803. The second-order valence-corrected chi connectivity index (χ2v) is 8.91. The normalized spacial score (nSPS) is 25.6. The zero-order chi connectivity index (χ0) is 21.3. The van der Waals surface area contributed by atoms with Crippen LogP contribution in [0.2, 0.25) is 0 Å². The van der Waals surface area contributed by atoms with Gasteiger partial charge in [-0.3, -0.25) is 9.69 Å². The standard InChI is InChI=1S/C23H28N6O2/c1-17-25-22(31-27-17)23-12-20(26-21(30)7-9-28-10-8-24-16-28)11-19(23)14-29(15-23)13-18-5-3-2-4-6-18/h2-6,8,10,16,19-20H,7,9,11-15H2,1H3,(H,26,30)/t19-,20+,23-/m0/s1. The monoisotopic (exact) mass is 420 g/mol. The van der Waals surface area contributed by atoms with Crippen LogP contribution in [0.3, 0.4) is 0 Å². The van der Waals surface area contributed by atoms with Gasteiger partial charge < -0.3 is 14.4 Å². The van der Waals surface area contributed by atoms with Crippen LogP contribution >= 0.6 is 0 Å². The van der Waals surface area contributed by atoms with Crippen LogP contribution in [0.4, 0.5) is 0 Å². The first-order valence-electron chi connectivity index (χ1n) is 10.9. The zero-order valence-electron chi connectivity index (χ0n) is 17.8. The lowest BCUT2D eigenvalue weighted by Gasteiger charge is -2.25. The molecule has 1 aliphatic carbocycles. The first kappa shape index (κ1) is 19.9. The predicted molar refractivity (Wildman–Crippen MR) is 114 cm³/mol. The highest BCUT2D eigenvalue weighted by Crippen LogP contribution is 2.50. The molecule has 1 amide bonds. The molecule has 162 valence electrons. The lowest BCUT2D eigenvalue weighted by molar-refractivity contribution is -0.122. The largest absolute Gasteiger partial charge is 0.353 e. The van der Waals surface area contributed by atoms with Gasteiger partial charge in [0, 0.05) is 51.0 Å². The van der Waals surface area contributed by atoms with Crippen molar-refractivity contribution in [1.29, 1.82) is 0 Å².